The molecule has 0 aliphatic carbocycles. The van der Waals surface area contributed by atoms with Gasteiger partial charge in [0.05, 0.1) is 23.3 Å². The minimum Gasteiger partial charge on any atom is -0.472 e. The second-order valence-electron chi connectivity index (χ2n) is 8.60. The van der Waals surface area contributed by atoms with Gasteiger partial charge < -0.3 is 15.2 Å². The van der Waals surface area contributed by atoms with Crippen LogP contribution in [0.15, 0.2) is 77.7 Å². The highest BCUT2D eigenvalue weighted by atomic mass is 32.2. The largest absolute Gasteiger partial charge is 0.472 e. The van der Waals surface area contributed by atoms with E-state index in [4.69, 9.17) is 4.74 Å². The van der Waals surface area contributed by atoms with E-state index in [9.17, 15) is 22.7 Å². The Morgan fingerprint density at radius 2 is 1.76 bits per heavy atom. The zero-order valence-electron chi connectivity index (χ0n) is 20.4. The number of hydrogen-bond acceptors (Lipinski definition) is 6. The molecular weight excluding hydrogens is 495 g/mol. The van der Waals surface area contributed by atoms with E-state index in [-0.39, 0.29) is 29.7 Å². The Labute approximate surface area is 214 Å². The van der Waals surface area contributed by atoms with Crippen molar-refractivity contribution in [2.45, 2.75) is 31.4 Å². The van der Waals surface area contributed by atoms with E-state index in [2.05, 4.69) is 10.3 Å². The highest BCUT2D eigenvalue weighted by molar-refractivity contribution is 7.91. The van der Waals surface area contributed by atoms with Crippen LogP contribution in [0.3, 0.4) is 0 Å². The lowest BCUT2D eigenvalue weighted by molar-refractivity contribution is 0.0916. The lowest BCUT2D eigenvalue weighted by Crippen LogP contribution is -2.30. The van der Waals surface area contributed by atoms with Crippen LogP contribution in [0.2, 0.25) is 0 Å². The highest BCUT2D eigenvalue weighted by Crippen LogP contribution is 2.27. The smallest absolute Gasteiger partial charge is 0.251 e. The van der Waals surface area contributed by atoms with Crippen LogP contribution in [-0.2, 0) is 16.4 Å². The topological polar surface area (TPSA) is 106 Å². The first-order chi connectivity index (χ1) is 17.7. The molecule has 0 spiro atoms. The third-order valence-electron chi connectivity index (χ3n) is 5.98. The number of sulfone groups is 1. The number of carbonyl (C=O) groups is 1. The lowest BCUT2D eigenvalue weighted by Gasteiger charge is -2.18. The van der Waals surface area contributed by atoms with E-state index >= 15 is 0 Å². The molecule has 37 heavy (non-hydrogen) atoms. The number of rotatable bonds is 9. The minimum absolute atomic E-state index is 0.0114. The maximum Gasteiger partial charge on any atom is 0.251 e. The second kappa shape index (κ2) is 11.1. The van der Waals surface area contributed by atoms with E-state index in [0.29, 0.717) is 22.7 Å². The quantitative estimate of drug-likeness (QED) is 0.335. The van der Waals surface area contributed by atoms with Crippen LogP contribution >= 0.6 is 0 Å². The van der Waals surface area contributed by atoms with Crippen LogP contribution in [0, 0.1) is 12.7 Å². The van der Waals surface area contributed by atoms with Crippen molar-refractivity contribution in [3.8, 4) is 5.88 Å². The Balaban J connectivity index is 1.53. The average molecular weight is 523 g/mol. The van der Waals surface area contributed by atoms with Gasteiger partial charge in [0, 0.05) is 16.6 Å². The van der Waals surface area contributed by atoms with Crippen LogP contribution in [0.25, 0.3) is 10.8 Å². The predicted molar refractivity (Wildman–Crippen MR) is 139 cm³/mol. The number of aryl methyl sites for hydroxylation is 1. The van der Waals surface area contributed by atoms with E-state index in [1.54, 1.807) is 49.4 Å². The zero-order chi connectivity index (χ0) is 26.6. The number of benzene rings is 3. The molecule has 1 amide bonds. The molecule has 3 aromatic carbocycles. The van der Waals surface area contributed by atoms with Crippen LogP contribution in [-0.4, -0.2) is 36.8 Å². The van der Waals surface area contributed by atoms with Crippen molar-refractivity contribution < 1.29 is 27.4 Å². The number of nitrogens with one attached hydrogen (secondary N) is 1. The van der Waals surface area contributed by atoms with Crippen LogP contribution in [0.1, 0.15) is 40.1 Å². The van der Waals surface area contributed by atoms with Crippen molar-refractivity contribution in [2.24, 2.45) is 0 Å². The summed E-state index contributed by atoms with van der Waals surface area (Å²) in [5.41, 5.74) is 2.47. The van der Waals surface area contributed by atoms with Crippen LogP contribution < -0.4 is 10.1 Å². The summed E-state index contributed by atoms with van der Waals surface area (Å²) in [5.74, 6) is -0.322. The molecule has 0 fully saturated rings. The molecule has 2 N–H and O–H groups in total. The molecule has 1 heterocycles. The van der Waals surface area contributed by atoms with Crippen molar-refractivity contribution in [3.63, 3.8) is 0 Å². The summed E-state index contributed by atoms with van der Waals surface area (Å²) < 4.78 is 43.2. The van der Waals surface area contributed by atoms with Gasteiger partial charge >= 0.3 is 0 Å². The summed E-state index contributed by atoms with van der Waals surface area (Å²) >= 11 is 0. The maximum atomic E-state index is 13.2. The Morgan fingerprint density at radius 1 is 1.05 bits per heavy atom. The molecule has 4 aromatic rings. The molecule has 192 valence electrons. The zero-order valence-corrected chi connectivity index (χ0v) is 21.3. The van der Waals surface area contributed by atoms with Gasteiger partial charge in [0.25, 0.3) is 5.91 Å². The first kappa shape index (κ1) is 26.2. The number of amides is 1. The molecule has 4 rings (SSSR count). The molecule has 9 heteroatoms. The molecule has 1 atom stereocenters. The number of aromatic nitrogens is 1. The standard InChI is InChI=1S/C28H27FN2O5S/c1-3-37(34,35)24-11-6-20(7-12-24)26(16-32)31-27(33)21-8-13-25-22(15-21)14-18(2)30-28(25)36-17-19-4-9-23(29)10-5-19/h4-15,26,32H,3,16-17H2,1-2H3,(H,31,33)/t26-/m0/s1. The Hall–Kier alpha value is -3.82. The van der Waals surface area contributed by atoms with Gasteiger partial charge in [-0.05, 0) is 72.0 Å². The molecular formula is C28H27FN2O5S. The van der Waals surface area contributed by atoms with Gasteiger partial charge in [0.1, 0.15) is 12.4 Å². The Bertz CT molecular complexity index is 1520. The number of hydrogen-bond donors (Lipinski definition) is 2. The molecule has 0 unspecified atom stereocenters. The molecule has 1 aromatic heterocycles. The first-order valence-electron chi connectivity index (χ1n) is 11.7. The summed E-state index contributed by atoms with van der Waals surface area (Å²) in [6, 6.07) is 18.4. The number of aliphatic hydroxyl groups is 1. The van der Waals surface area contributed by atoms with Gasteiger partial charge in [-0.15, -0.1) is 0 Å². The second-order valence-corrected chi connectivity index (χ2v) is 10.9. The number of aliphatic hydroxyl groups excluding tert-OH is 1. The first-order valence-corrected chi connectivity index (χ1v) is 13.4. The van der Waals surface area contributed by atoms with Crippen molar-refractivity contribution in [2.75, 3.05) is 12.4 Å². The number of halogens is 1. The number of fused-ring (bicyclic) bond motifs is 1. The molecule has 0 saturated carbocycles. The Morgan fingerprint density at radius 3 is 2.41 bits per heavy atom. The summed E-state index contributed by atoms with van der Waals surface area (Å²) in [7, 11) is -3.34. The third kappa shape index (κ3) is 6.12. The van der Waals surface area contributed by atoms with Crippen molar-refractivity contribution in [1.82, 2.24) is 10.3 Å². The molecule has 7 nitrogen and oxygen atoms in total. The monoisotopic (exact) mass is 522 g/mol. The van der Waals surface area contributed by atoms with E-state index < -0.39 is 21.8 Å². The molecule has 0 aliphatic heterocycles. The summed E-state index contributed by atoms with van der Waals surface area (Å²) in [4.78, 5) is 17.7. The van der Waals surface area contributed by atoms with Gasteiger partial charge in [-0.3, -0.25) is 4.79 Å². The lowest BCUT2D eigenvalue weighted by atomic mass is 10.0. The van der Waals surface area contributed by atoms with Crippen LogP contribution in [0.5, 0.6) is 5.88 Å². The number of nitrogens with zero attached hydrogens (tertiary/aromatic N) is 1. The van der Waals surface area contributed by atoms with E-state index in [1.807, 2.05) is 13.0 Å². The normalized spacial score (nSPS) is 12.3. The molecule has 0 radical (unpaired) electrons. The van der Waals surface area contributed by atoms with Crippen LogP contribution in [0.4, 0.5) is 4.39 Å². The van der Waals surface area contributed by atoms with Gasteiger partial charge in [-0.25, -0.2) is 17.8 Å². The van der Waals surface area contributed by atoms with E-state index in [1.165, 1.54) is 24.3 Å². The summed E-state index contributed by atoms with van der Waals surface area (Å²) in [5, 5.41) is 14.2. The van der Waals surface area contributed by atoms with Gasteiger partial charge in [-0.2, -0.15) is 0 Å². The average Bonchev–Trinajstić information content (AvgIpc) is 2.90. The fraction of sp³-hybridized carbons (Fsp3) is 0.214. The fourth-order valence-corrected chi connectivity index (χ4v) is 4.77. The number of ether oxygens (including phenoxy) is 1. The number of pyridine rings is 1. The highest BCUT2D eigenvalue weighted by Gasteiger charge is 2.18. The molecule has 0 saturated heterocycles. The van der Waals surface area contributed by atoms with Gasteiger partial charge in [0.2, 0.25) is 5.88 Å². The fourth-order valence-electron chi connectivity index (χ4n) is 3.89. The van der Waals surface area contributed by atoms with Crippen molar-refractivity contribution in [1.29, 1.82) is 0 Å². The minimum atomic E-state index is -3.34. The predicted octanol–water partition coefficient (Wildman–Crippen LogP) is 4.52. The van der Waals surface area contributed by atoms with Gasteiger partial charge in [0.15, 0.2) is 9.84 Å². The van der Waals surface area contributed by atoms with Crippen molar-refractivity contribution in [3.05, 3.63) is 101 Å². The summed E-state index contributed by atoms with van der Waals surface area (Å²) in [6.07, 6.45) is 0. The maximum absolute atomic E-state index is 13.2. The Kier molecular flexibility index (Phi) is 7.85. The van der Waals surface area contributed by atoms with E-state index in [0.717, 1.165) is 16.3 Å². The number of carbonyl (C=O) groups excluding carboxylic acids is 1. The summed E-state index contributed by atoms with van der Waals surface area (Å²) in [6.45, 7) is 3.25. The third-order valence-corrected chi connectivity index (χ3v) is 7.74. The van der Waals surface area contributed by atoms with Crippen molar-refractivity contribution >= 4 is 26.5 Å². The molecule has 0 bridgehead atoms. The SMILES string of the molecule is CCS(=O)(=O)c1ccc([C@H](CO)NC(=O)c2ccc3c(OCc4ccc(F)cc4)nc(C)cc3c2)cc1. The van der Waals surface area contributed by atoms with Gasteiger partial charge in [-0.1, -0.05) is 31.2 Å². The molecule has 0 aliphatic rings.